The van der Waals surface area contributed by atoms with Gasteiger partial charge in [0, 0.05) is 6.54 Å². The van der Waals surface area contributed by atoms with Crippen LogP contribution in [-0.4, -0.2) is 34.9 Å². The monoisotopic (exact) mass is 241 g/mol. The van der Waals surface area contributed by atoms with Gasteiger partial charge in [0.2, 0.25) is 0 Å². The van der Waals surface area contributed by atoms with Crippen LogP contribution in [0.3, 0.4) is 0 Å². The van der Waals surface area contributed by atoms with E-state index in [0.29, 0.717) is 25.8 Å². The molecule has 0 bridgehead atoms. The average molecular weight is 241 g/mol. The Hall–Kier alpha value is -0.610. The lowest BCUT2D eigenvalue weighted by atomic mass is 9.65. The van der Waals surface area contributed by atoms with E-state index < -0.39 is 17.0 Å². The number of hydrogen-bond donors (Lipinski definition) is 3. The molecule has 2 unspecified atom stereocenters. The summed E-state index contributed by atoms with van der Waals surface area (Å²) < 4.78 is 0. The fourth-order valence-corrected chi connectivity index (χ4v) is 3.61. The zero-order valence-corrected chi connectivity index (χ0v) is 10.8. The maximum Gasteiger partial charge on any atom is 0.313 e. The molecule has 2 atom stereocenters. The number of carboxylic acid groups (broad SMARTS) is 1. The number of nitrogens with one attached hydrogen (secondary N) is 1. The fraction of sp³-hybridized carbons (Fsp3) is 0.923. The third kappa shape index (κ3) is 1.97. The van der Waals surface area contributed by atoms with Gasteiger partial charge in [-0.15, -0.1) is 0 Å². The molecule has 0 aromatic carbocycles. The van der Waals surface area contributed by atoms with E-state index in [4.69, 9.17) is 0 Å². The molecule has 4 nitrogen and oxygen atoms in total. The molecule has 2 fully saturated rings. The van der Waals surface area contributed by atoms with Crippen LogP contribution in [0.1, 0.15) is 46.0 Å². The predicted octanol–water partition coefficient (Wildman–Crippen LogP) is 1.38. The maximum absolute atomic E-state index is 11.7. The first-order valence-electron chi connectivity index (χ1n) is 6.48. The topological polar surface area (TPSA) is 69.6 Å². The van der Waals surface area contributed by atoms with Crippen molar-refractivity contribution in [2.24, 2.45) is 10.8 Å². The molecule has 0 radical (unpaired) electrons. The second-order valence-corrected chi connectivity index (χ2v) is 6.54. The van der Waals surface area contributed by atoms with Crippen molar-refractivity contribution in [1.82, 2.24) is 5.32 Å². The van der Waals surface area contributed by atoms with Crippen molar-refractivity contribution in [3.8, 4) is 0 Å². The minimum atomic E-state index is -1.05. The predicted molar refractivity (Wildman–Crippen MR) is 64.8 cm³/mol. The van der Waals surface area contributed by atoms with Gasteiger partial charge < -0.3 is 15.5 Å². The Morgan fingerprint density at radius 1 is 1.24 bits per heavy atom. The Morgan fingerprint density at radius 3 is 2.35 bits per heavy atom. The van der Waals surface area contributed by atoms with Crippen molar-refractivity contribution in [2.75, 3.05) is 13.1 Å². The molecule has 1 saturated carbocycles. The highest BCUT2D eigenvalue weighted by atomic mass is 16.4. The number of carboxylic acids is 1. The zero-order chi connectivity index (χ0) is 12.7. The molecule has 2 rings (SSSR count). The maximum atomic E-state index is 11.7. The first-order valence-corrected chi connectivity index (χ1v) is 6.48. The highest BCUT2D eigenvalue weighted by molar-refractivity contribution is 5.77. The molecule has 1 aliphatic heterocycles. The van der Waals surface area contributed by atoms with Crippen LogP contribution in [-0.2, 0) is 4.79 Å². The van der Waals surface area contributed by atoms with Crippen LogP contribution in [0.25, 0.3) is 0 Å². The summed E-state index contributed by atoms with van der Waals surface area (Å²) in [6.07, 6.45) is 3.51. The van der Waals surface area contributed by atoms with Crippen molar-refractivity contribution in [3.63, 3.8) is 0 Å². The van der Waals surface area contributed by atoms with Gasteiger partial charge in [0.15, 0.2) is 0 Å². The molecule has 1 aliphatic carbocycles. The van der Waals surface area contributed by atoms with Gasteiger partial charge >= 0.3 is 5.97 Å². The SMILES string of the molecule is CC1(C)CCC(O)(C2(C(=O)O)CCCNC2)C1. The molecule has 98 valence electrons. The van der Waals surface area contributed by atoms with Gasteiger partial charge in [-0.2, -0.15) is 0 Å². The molecule has 1 heterocycles. The lowest BCUT2D eigenvalue weighted by Crippen LogP contribution is -2.59. The number of rotatable bonds is 2. The third-order valence-corrected chi connectivity index (χ3v) is 4.67. The smallest absolute Gasteiger partial charge is 0.313 e. The zero-order valence-electron chi connectivity index (χ0n) is 10.8. The third-order valence-electron chi connectivity index (χ3n) is 4.67. The number of aliphatic carboxylic acids is 1. The number of aliphatic hydroxyl groups is 1. The Labute approximate surface area is 102 Å². The van der Waals surface area contributed by atoms with Crippen LogP contribution in [0.2, 0.25) is 0 Å². The van der Waals surface area contributed by atoms with Crippen molar-refractivity contribution >= 4 is 5.97 Å². The summed E-state index contributed by atoms with van der Waals surface area (Å²) in [5, 5.41) is 23.6. The van der Waals surface area contributed by atoms with Gasteiger partial charge in [0.05, 0.1) is 5.60 Å². The molecule has 0 aromatic rings. The van der Waals surface area contributed by atoms with E-state index in [9.17, 15) is 15.0 Å². The van der Waals surface area contributed by atoms with Gasteiger partial charge in [-0.05, 0) is 44.1 Å². The summed E-state index contributed by atoms with van der Waals surface area (Å²) in [4.78, 5) is 11.7. The molecule has 0 spiro atoms. The molecule has 0 aromatic heterocycles. The van der Waals surface area contributed by atoms with E-state index in [0.717, 1.165) is 19.4 Å². The largest absolute Gasteiger partial charge is 0.481 e. The summed E-state index contributed by atoms with van der Waals surface area (Å²) in [6, 6.07) is 0. The minimum absolute atomic E-state index is 0.0502. The normalized spacial score (nSPS) is 41.4. The highest BCUT2D eigenvalue weighted by Gasteiger charge is 2.60. The Balaban J connectivity index is 2.30. The summed E-state index contributed by atoms with van der Waals surface area (Å²) in [6.45, 7) is 5.47. The molecular formula is C13H23NO3. The Bertz CT molecular complexity index is 321. The standard InChI is InChI=1S/C13H23NO3/c1-11(2)5-6-13(17,8-11)12(10(15)16)4-3-7-14-9-12/h14,17H,3-9H2,1-2H3,(H,15,16). The van der Waals surface area contributed by atoms with E-state index in [2.05, 4.69) is 19.2 Å². The van der Waals surface area contributed by atoms with E-state index in [1.807, 2.05) is 0 Å². The Morgan fingerprint density at radius 2 is 1.94 bits per heavy atom. The second-order valence-electron chi connectivity index (χ2n) is 6.54. The van der Waals surface area contributed by atoms with Gasteiger partial charge in [0.1, 0.15) is 5.41 Å². The number of carbonyl (C=O) groups is 1. The summed E-state index contributed by atoms with van der Waals surface area (Å²) in [5.74, 6) is -0.843. The van der Waals surface area contributed by atoms with Crippen molar-refractivity contribution in [3.05, 3.63) is 0 Å². The van der Waals surface area contributed by atoms with E-state index in [1.165, 1.54) is 0 Å². The molecule has 0 amide bonds. The molecule has 3 N–H and O–H groups in total. The van der Waals surface area contributed by atoms with Crippen LogP contribution in [0.4, 0.5) is 0 Å². The quantitative estimate of drug-likeness (QED) is 0.683. The van der Waals surface area contributed by atoms with Crippen LogP contribution >= 0.6 is 0 Å². The summed E-state index contributed by atoms with van der Waals surface area (Å²) >= 11 is 0. The van der Waals surface area contributed by atoms with Crippen molar-refractivity contribution in [1.29, 1.82) is 0 Å². The number of piperidine rings is 1. The first kappa shape index (κ1) is 12.8. The van der Waals surface area contributed by atoms with Gasteiger partial charge in [0.25, 0.3) is 0 Å². The van der Waals surface area contributed by atoms with Crippen molar-refractivity contribution < 1.29 is 15.0 Å². The van der Waals surface area contributed by atoms with Crippen LogP contribution < -0.4 is 5.32 Å². The van der Waals surface area contributed by atoms with Gasteiger partial charge in [-0.25, -0.2) is 0 Å². The molecule has 1 saturated heterocycles. The van der Waals surface area contributed by atoms with Crippen LogP contribution in [0, 0.1) is 10.8 Å². The summed E-state index contributed by atoms with van der Waals surface area (Å²) in [7, 11) is 0. The lowest BCUT2D eigenvalue weighted by molar-refractivity contribution is -0.173. The van der Waals surface area contributed by atoms with Gasteiger partial charge in [-0.3, -0.25) is 4.79 Å². The van der Waals surface area contributed by atoms with E-state index in [-0.39, 0.29) is 5.41 Å². The lowest BCUT2D eigenvalue weighted by Gasteiger charge is -2.45. The number of hydrogen-bond acceptors (Lipinski definition) is 3. The molecular weight excluding hydrogens is 218 g/mol. The molecule has 17 heavy (non-hydrogen) atoms. The van der Waals surface area contributed by atoms with Crippen LogP contribution in [0.5, 0.6) is 0 Å². The molecule has 2 aliphatic rings. The Kier molecular flexibility index (Phi) is 2.99. The summed E-state index contributed by atoms with van der Waals surface area (Å²) in [5.41, 5.74) is -1.98. The van der Waals surface area contributed by atoms with Crippen molar-refractivity contribution in [2.45, 2.75) is 51.6 Å². The van der Waals surface area contributed by atoms with E-state index >= 15 is 0 Å². The molecule has 4 heteroatoms. The highest BCUT2D eigenvalue weighted by Crippen LogP contribution is 2.53. The van der Waals surface area contributed by atoms with Gasteiger partial charge in [-0.1, -0.05) is 13.8 Å². The van der Waals surface area contributed by atoms with Crippen LogP contribution in [0.15, 0.2) is 0 Å². The fourth-order valence-electron chi connectivity index (χ4n) is 3.61. The minimum Gasteiger partial charge on any atom is -0.481 e. The second kappa shape index (κ2) is 3.95. The average Bonchev–Trinajstić information content (AvgIpc) is 2.55. The van der Waals surface area contributed by atoms with E-state index in [1.54, 1.807) is 0 Å². The first-order chi connectivity index (χ1) is 7.81.